The van der Waals surface area contributed by atoms with Crippen LogP contribution in [-0.2, 0) is 18.7 Å². The quantitative estimate of drug-likeness (QED) is 0.392. The highest BCUT2D eigenvalue weighted by molar-refractivity contribution is 6.99. The van der Waals surface area contributed by atoms with Crippen LogP contribution in [0.5, 0.6) is 0 Å². The van der Waals surface area contributed by atoms with E-state index in [-0.39, 0.29) is 29.1 Å². The third kappa shape index (κ3) is 4.42. The Kier molecular flexibility index (Phi) is 7.05. The van der Waals surface area contributed by atoms with E-state index in [2.05, 4.69) is 81.4 Å². The van der Waals surface area contributed by atoms with Crippen LogP contribution in [0, 0.1) is 23.7 Å². The summed E-state index contributed by atoms with van der Waals surface area (Å²) in [5.41, 5.74) is 0. The predicted molar refractivity (Wildman–Crippen MR) is 146 cm³/mol. The molecule has 3 aliphatic rings. The van der Waals surface area contributed by atoms with Gasteiger partial charge in [-0.2, -0.15) is 0 Å². The zero-order chi connectivity index (χ0) is 25.6. The molecular weight excluding hydrogens is 464 g/mol. The van der Waals surface area contributed by atoms with Crippen molar-refractivity contribution in [2.24, 2.45) is 23.7 Å². The van der Waals surface area contributed by atoms with Gasteiger partial charge in [0.1, 0.15) is 6.29 Å². The fourth-order valence-corrected chi connectivity index (χ4v) is 12.1. The van der Waals surface area contributed by atoms with Crippen molar-refractivity contribution in [1.29, 1.82) is 0 Å². The number of rotatable bonds is 6. The molecule has 2 aromatic rings. The van der Waals surface area contributed by atoms with Gasteiger partial charge in [-0.15, -0.1) is 0 Å². The minimum atomic E-state index is -2.71. The van der Waals surface area contributed by atoms with Crippen molar-refractivity contribution in [2.75, 3.05) is 6.61 Å². The fourth-order valence-electron chi connectivity index (χ4n) is 7.48. The van der Waals surface area contributed by atoms with Crippen molar-refractivity contribution in [3.63, 3.8) is 0 Å². The molecule has 1 aliphatic heterocycles. The van der Waals surface area contributed by atoms with E-state index in [1.807, 2.05) is 13.8 Å². The number of carbonyl (C=O) groups is 1. The van der Waals surface area contributed by atoms with Gasteiger partial charge in [0.2, 0.25) is 0 Å². The molecule has 0 N–H and O–H groups in total. The van der Waals surface area contributed by atoms with E-state index in [1.165, 1.54) is 29.5 Å². The van der Waals surface area contributed by atoms with Crippen molar-refractivity contribution in [3.8, 4) is 0 Å². The molecule has 0 spiro atoms. The van der Waals surface area contributed by atoms with E-state index in [0.29, 0.717) is 18.4 Å². The monoisotopic (exact) mass is 506 g/mol. The summed E-state index contributed by atoms with van der Waals surface area (Å²) in [5, 5.41) is 2.41. The molecule has 36 heavy (non-hydrogen) atoms. The maximum atomic E-state index is 12.7. The molecule has 5 heteroatoms. The van der Waals surface area contributed by atoms with Gasteiger partial charge in [-0.25, -0.2) is 0 Å². The molecule has 0 amide bonds. The molecule has 1 heterocycles. The van der Waals surface area contributed by atoms with Gasteiger partial charge < -0.3 is 18.7 Å². The summed E-state index contributed by atoms with van der Waals surface area (Å²) in [4.78, 5) is 12.7. The van der Waals surface area contributed by atoms with Crippen molar-refractivity contribution >= 4 is 25.0 Å². The summed E-state index contributed by atoms with van der Waals surface area (Å²) in [7, 11) is -2.71. The second kappa shape index (κ2) is 9.83. The number of benzene rings is 2. The van der Waals surface area contributed by atoms with E-state index in [4.69, 9.17) is 13.9 Å². The van der Waals surface area contributed by atoms with Gasteiger partial charge in [-0.3, -0.25) is 0 Å². The van der Waals surface area contributed by atoms with E-state index in [0.717, 1.165) is 12.8 Å². The standard InChI is InChI=1S/C31H42O4Si/c1-30(2,3)36(22-14-8-6-9-15-22,23-16-10-7-11-17-23)33-21-27-26(20-32)24-18-12-13-19-25(24)28-29(27)35-31(4,5)34-28/h6-11,14-17,20,24-29H,12-13,18-19,21H2,1-5H3/t24-,25-,26+,27+,28+,29-/m0/s1. The van der Waals surface area contributed by atoms with Crippen LogP contribution in [0.4, 0.5) is 0 Å². The number of ether oxygens (including phenoxy) is 2. The van der Waals surface area contributed by atoms with Gasteiger partial charge in [0.15, 0.2) is 5.79 Å². The predicted octanol–water partition coefficient (Wildman–Crippen LogP) is 5.33. The van der Waals surface area contributed by atoms with Crippen LogP contribution in [0.2, 0.25) is 5.04 Å². The lowest BCUT2D eigenvalue weighted by molar-refractivity contribution is -0.153. The van der Waals surface area contributed by atoms with Gasteiger partial charge in [0.25, 0.3) is 8.32 Å². The number of carbonyl (C=O) groups excluding carboxylic acids is 1. The molecule has 1 saturated heterocycles. The molecule has 0 aromatic heterocycles. The zero-order valence-corrected chi connectivity index (χ0v) is 23.5. The van der Waals surface area contributed by atoms with Crippen LogP contribution in [0.1, 0.15) is 60.3 Å². The third-order valence-electron chi connectivity index (χ3n) is 8.94. The third-order valence-corrected chi connectivity index (χ3v) is 13.9. The first-order valence-electron chi connectivity index (χ1n) is 13.7. The Bertz CT molecular complexity index is 992. The van der Waals surface area contributed by atoms with E-state index in [1.54, 1.807) is 0 Å². The van der Waals surface area contributed by atoms with Crippen LogP contribution < -0.4 is 10.4 Å². The topological polar surface area (TPSA) is 44.8 Å². The second-order valence-electron chi connectivity index (χ2n) is 12.5. The molecule has 3 fully saturated rings. The Hall–Kier alpha value is -1.79. The van der Waals surface area contributed by atoms with Crippen molar-refractivity contribution in [1.82, 2.24) is 0 Å². The Labute approximate surface area is 217 Å². The molecule has 194 valence electrons. The molecule has 6 atom stereocenters. The minimum absolute atomic E-state index is 0.0183. The molecule has 0 bridgehead atoms. The zero-order valence-electron chi connectivity index (χ0n) is 22.5. The highest BCUT2D eigenvalue weighted by Gasteiger charge is 2.59. The van der Waals surface area contributed by atoms with Crippen LogP contribution >= 0.6 is 0 Å². The van der Waals surface area contributed by atoms with Crippen LogP contribution in [0.3, 0.4) is 0 Å². The van der Waals surface area contributed by atoms with Gasteiger partial charge in [-0.1, -0.05) is 94.3 Å². The summed E-state index contributed by atoms with van der Waals surface area (Å²) in [5.74, 6) is 0.0280. The Morgan fingerprint density at radius 2 is 1.42 bits per heavy atom. The number of hydrogen-bond donors (Lipinski definition) is 0. The lowest BCUT2D eigenvalue weighted by Crippen LogP contribution is -2.67. The number of fused-ring (bicyclic) bond motifs is 3. The maximum Gasteiger partial charge on any atom is 0.261 e. The molecule has 0 unspecified atom stereocenters. The van der Waals surface area contributed by atoms with Crippen LogP contribution in [0.25, 0.3) is 0 Å². The van der Waals surface area contributed by atoms with Gasteiger partial charge in [0, 0.05) is 18.4 Å². The average Bonchev–Trinajstić information content (AvgIpc) is 3.20. The van der Waals surface area contributed by atoms with E-state index >= 15 is 0 Å². The normalized spacial score (nSPS) is 31.9. The number of hydrogen-bond acceptors (Lipinski definition) is 4. The van der Waals surface area contributed by atoms with Crippen molar-refractivity contribution in [3.05, 3.63) is 60.7 Å². The smallest absolute Gasteiger partial charge is 0.261 e. The summed E-state index contributed by atoms with van der Waals surface area (Å²) in [6, 6.07) is 21.5. The molecule has 4 nitrogen and oxygen atoms in total. The highest BCUT2D eigenvalue weighted by Crippen LogP contribution is 2.52. The lowest BCUT2D eigenvalue weighted by atomic mass is 9.60. The SMILES string of the molecule is CC1(C)O[C@@H]2[C@H]3CCCC[C@@H]3[C@@H](C=O)[C@@H](CO[Si](c3ccccc3)(c3ccccc3)C(C)(C)C)[C@@H]2O1. The van der Waals surface area contributed by atoms with E-state index in [9.17, 15) is 4.79 Å². The van der Waals surface area contributed by atoms with Gasteiger partial charge in [0.05, 0.1) is 12.2 Å². The lowest BCUT2D eigenvalue weighted by Gasteiger charge is -2.50. The minimum Gasteiger partial charge on any atom is -0.407 e. The summed E-state index contributed by atoms with van der Waals surface area (Å²) >= 11 is 0. The molecule has 2 aliphatic carbocycles. The highest BCUT2D eigenvalue weighted by atomic mass is 28.4. The molecule has 2 aromatic carbocycles. The second-order valence-corrected chi connectivity index (χ2v) is 16.8. The van der Waals surface area contributed by atoms with Crippen LogP contribution in [0.15, 0.2) is 60.7 Å². The summed E-state index contributed by atoms with van der Waals surface area (Å²) < 4.78 is 20.4. The van der Waals surface area contributed by atoms with E-state index < -0.39 is 14.1 Å². The Balaban J connectivity index is 1.56. The molecule has 0 radical (unpaired) electrons. The van der Waals surface area contributed by atoms with Crippen molar-refractivity contribution < 1.29 is 18.7 Å². The van der Waals surface area contributed by atoms with Crippen LogP contribution in [-0.4, -0.2) is 39.2 Å². The Morgan fingerprint density at radius 1 is 0.889 bits per heavy atom. The first kappa shape index (κ1) is 25.8. The maximum absolute atomic E-state index is 12.7. The summed E-state index contributed by atoms with van der Waals surface area (Å²) in [6.45, 7) is 11.4. The Morgan fingerprint density at radius 3 is 1.94 bits per heavy atom. The molecule has 5 rings (SSSR count). The first-order chi connectivity index (χ1) is 17.2. The average molecular weight is 507 g/mol. The number of aldehydes is 1. The van der Waals surface area contributed by atoms with Crippen molar-refractivity contribution in [2.45, 2.75) is 83.3 Å². The largest absolute Gasteiger partial charge is 0.407 e. The molecule has 2 saturated carbocycles. The molecular formula is C31H42O4Si. The van der Waals surface area contributed by atoms with Gasteiger partial charge in [-0.05, 0) is 53.9 Å². The fraction of sp³-hybridized carbons (Fsp3) is 0.581. The first-order valence-corrected chi connectivity index (χ1v) is 15.6. The van der Waals surface area contributed by atoms with Gasteiger partial charge >= 0.3 is 0 Å². The summed E-state index contributed by atoms with van der Waals surface area (Å²) in [6.07, 6.45) is 5.75.